The number of halogens is 1. The molecule has 2 rings (SSSR count). The lowest BCUT2D eigenvalue weighted by Gasteiger charge is -2.25. The van der Waals surface area contributed by atoms with Crippen LogP contribution in [0.4, 0.5) is 0 Å². The Morgan fingerprint density at radius 3 is 2.73 bits per heavy atom. The summed E-state index contributed by atoms with van der Waals surface area (Å²) in [6.45, 7) is 5.92. The van der Waals surface area contributed by atoms with Crippen molar-refractivity contribution in [2.24, 2.45) is 5.41 Å². The molecular weight excluding hydrogens is 302 g/mol. The maximum atomic E-state index is 12.1. The summed E-state index contributed by atoms with van der Waals surface area (Å²) in [5.41, 5.74) is 1.40. The quantitative estimate of drug-likeness (QED) is 0.810. The first-order valence-corrected chi connectivity index (χ1v) is 7.43. The predicted molar refractivity (Wildman–Crippen MR) is 86.8 cm³/mol. The standard InChI is InChI=1S/C16H20ClN3O2/c1-16(2,3)14(21)9-18-15(22)13-8-12(19-20-13)10-6-4-5-7-11(10)17/h4-8,14,21H,9H2,1-3H3,(H,18,22)(H,19,20). The van der Waals surface area contributed by atoms with E-state index in [2.05, 4.69) is 15.5 Å². The third-order valence-electron chi connectivity index (χ3n) is 3.43. The molecule has 1 aromatic heterocycles. The van der Waals surface area contributed by atoms with E-state index in [9.17, 15) is 9.90 Å². The Balaban J connectivity index is 2.06. The first-order chi connectivity index (χ1) is 10.3. The van der Waals surface area contributed by atoms with Crippen molar-refractivity contribution in [2.75, 3.05) is 6.54 Å². The van der Waals surface area contributed by atoms with Gasteiger partial charge in [-0.05, 0) is 17.5 Å². The average molecular weight is 322 g/mol. The maximum Gasteiger partial charge on any atom is 0.269 e. The molecule has 6 heteroatoms. The van der Waals surface area contributed by atoms with Crippen molar-refractivity contribution < 1.29 is 9.90 Å². The Morgan fingerprint density at radius 2 is 2.09 bits per heavy atom. The van der Waals surface area contributed by atoms with Crippen LogP contribution in [0.15, 0.2) is 30.3 Å². The SMILES string of the molecule is CC(C)(C)C(O)CNC(=O)c1cc(-c2ccccc2Cl)n[nH]1. The number of H-pyrrole nitrogens is 1. The Hall–Kier alpha value is -1.85. The van der Waals surface area contributed by atoms with Crippen LogP contribution in [0.2, 0.25) is 5.02 Å². The molecule has 0 saturated heterocycles. The third-order valence-corrected chi connectivity index (χ3v) is 3.76. The van der Waals surface area contributed by atoms with E-state index >= 15 is 0 Å². The van der Waals surface area contributed by atoms with E-state index < -0.39 is 6.10 Å². The van der Waals surface area contributed by atoms with E-state index in [1.54, 1.807) is 12.1 Å². The molecule has 0 aliphatic rings. The molecule has 118 valence electrons. The minimum absolute atomic E-state index is 0.183. The van der Waals surface area contributed by atoms with Gasteiger partial charge in [-0.1, -0.05) is 50.6 Å². The summed E-state index contributed by atoms with van der Waals surface area (Å²) in [7, 11) is 0. The van der Waals surface area contributed by atoms with Gasteiger partial charge in [0.2, 0.25) is 0 Å². The van der Waals surface area contributed by atoms with Crippen molar-refractivity contribution in [3.63, 3.8) is 0 Å². The van der Waals surface area contributed by atoms with E-state index in [0.29, 0.717) is 16.4 Å². The molecule has 0 bridgehead atoms. The van der Waals surface area contributed by atoms with Crippen molar-refractivity contribution in [2.45, 2.75) is 26.9 Å². The smallest absolute Gasteiger partial charge is 0.269 e. The summed E-state index contributed by atoms with van der Waals surface area (Å²) in [5.74, 6) is -0.311. The molecule has 0 saturated carbocycles. The second-order valence-electron chi connectivity index (χ2n) is 6.24. The van der Waals surface area contributed by atoms with E-state index in [1.807, 2.05) is 39.0 Å². The molecule has 1 atom stereocenters. The van der Waals surface area contributed by atoms with Gasteiger partial charge in [-0.3, -0.25) is 9.89 Å². The minimum Gasteiger partial charge on any atom is -0.391 e. The summed E-state index contributed by atoms with van der Waals surface area (Å²) in [6.07, 6.45) is -0.623. The molecule has 5 nitrogen and oxygen atoms in total. The van der Waals surface area contributed by atoms with Gasteiger partial charge in [-0.15, -0.1) is 0 Å². The van der Waals surface area contributed by atoms with Crippen LogP contribution in [0.25, 0.3) is 11.3 Å². The summed E-state index contributed by atoms with van der Waals surface area (Å²) >= 11 is 6.11. The molecular formula is C16H20ClN3O2. The number of benzene rings is 1. The van der Waals surface area contributed by atoms with E-state index in [-0.39, 0.29) is 17.9 Å². The van der Waals surface area contributed by atoms with Gasteiger partial charge >= 0.3 is 0 Å². The Kier molecular flexibility index (Phi) is 4.88. The number of rotatable bonds is 4. The van der Waals surface area contributed by atoms with Crippen molar-refractivity contribution in [3.05, 3.63) is 41.0 Å². The molecule has 0 aliphatic carbocycles. The second kappa shape index (κ2) is 6.50. The molecule has 1 amide bonds. The highest BCUT2D eigenvalue weighted by atomic mass is 35.5. The Bertz CT molecular complexity index is 661. The predicted octanol–water partition coefficient (Wildman–Crippen LogP) is 2.87. The van der Waals surface area contributed by atoms with Crippen LogP contribution in [0.5, 0.6) is 0 Å². The largest absolute Gasteiger partial charge is 0.391 e. The number of amides is 1. The molecule has 2 aromatic rings. The van der Waals surface area contributed by atoms with Gasteiger partial charge in [-0.25, -0.2) is 0 Å². The van der Waals surface area contributed by atoms with Crippen LogP contribution in [-0.4, -0.2) is 33.9 Å². The molecule has 0 fully saturated rings. The summed E-state index contributed by atoms with van der Waals surface area (Å²) in [6, 6.07) is 8.93. The first-order valence-electron chi connectivity index (χ1n) is 7.05. The van der Waals surface area contributed by atoms with Gasteiger partial charge < -0.3 is 10.4 Å². The summed E-state index contributed by atoms with van der Waals surface area (Å²) in [4.78, 5) is 12.1. The number of aromatic amines is 1. The number of aliphatic hydroxyl groups excluding tert-OH is 1. The Labute approximate surface area is 134 Å². The van der Waals surface area contributed by atoms with Gasteiger partial charge in [0.25, 0.3) is 5.91 Å². The number of aliphatic hydroxyl groups is 1. The fourth-order valence-corrected chi connectivity index (χ4v) is 2.07. The number of nitrogens with zero attached hydrogens (tertiary/aromatic N) is 1. The van der Waals surface area contributed by atoms with Crippen molar-refractivity contribution in [3.8, 4) is 11.3 Å². The normalized spacial score (nSPS) is 13.0. The van der Waals surface area contributed by atoms with Gasteiger partial charge in [0, 0.05) is 12.1 Å². The van der Waals surface area contributed by atoms with Gasteiger partial charge in [-0.2, -0.15) is 5.10 Å². The van der Waals surface area contributed by atoms with Crippen LogP contribution in [0.3, 0.4) is 0 Å². The van der Waals surface area contributed by atoms with Crippen LogP contribution < -0.4 is 5.32 Å². The second-order valence-corrected chi connectivity index (χ2v) is 6.65. The van der Waals surface area contributed by atoms with Gasteiger partial charge in [0.15, 0.2) is 0 Å². The monoisotopic (exact) mass is 321 g/mol. The number of hydrogen-bond acceptors (Lipinski definition) is 3. The number of aromatic nitrogens is 2. The third kappa shape index (κ3) is 3.87. The minimum atomic E-state index is -0.623. The van der Waals surface area contributed by atoms with E-state index in [4.69, 9.17) is 11.6 Å². The molecule has 0 aliphatic heterocycles. The summed E-state index contributed by atoms with van der Waals surface area (Å²) in [5, 5.41) is 20.0. The molecule has 0 spiro atoms. The zero-order chi connectivity index (χ0) is 16.3. The highest BCUT2D eigenvalue weighted by Gasteiger charge is 2.23. The lowest BCUT2D eigenvalue weighted by Crippen LogP contribution is -2.39. The van der Waals surface area contributed by atoms with Crippen LogP contribution in [0.1, 0.15) is 31.3 Å². The molecule has 22 heavy (non-hydrogen) atoms. The molecule has 3 N–H and O–H groups in total. The van der Waals surface area contributed by atoms with Crippen molar-refractivity contribution >= 4 is 17.5 Å². The van der Waals surface area contributed by atoms with Crippen molar-refractivity contribution in [1.82, 2.24) is 15.5 Å². The fraction of sp³-hybridized carbons (Fsp3) is 0.375. The number of hydrogen-bond donors (Lipinski definition) is 3. The van der Waals surface area contributed by atoms with E-state index in [1.165, 1.54) is 0 Å². The van der Waals surface area contributed by atoms with E-state index in [0.717, 1.165) is 5.56 Å². The Morgan fingerprint density at radius 1 is 1.41 bits per heavy atom. The number of carbonyl (C=O) groups is 1. The van der Waals surface area contributed by atoms with Crippen molar-refractivity contribution in [1.29, 1.82) is 0 Å². The zero-order valence-electron chi connectivity index (χ0n) is 12.9. The molecule has 1 unspecified atom stereocenters. The van der Waals surface area contributed by atoms with Crippen LogP contribution in [-0.2, 0) is 0 Å². The van der Waals surface area contributed by atoms with Gasteiger partial charge in [0.1, 0.15) is 5.69 Å². The average Bonchev–Trinajstić information content (AvgIpc) is 2.93. The highest BCUT2D eigenvalue weighted by molar-refractivity contribution is 6.33. The highest BCUT2D eigenvalue weighted by Crippen LogP contribution is 2.26. The van der Waals surface area contributed by atoms with Crippen LogP contribution in [0, 0.1) is 5.41 Å². The zero-order valence-corrected chi connectivity index (χ0v) is 13.6. The maximum absolute atomic E-state index is 12.1. The van der Waals surface area contributed by atoms with Crippen LogP contribution >= 0.6 is 11.6 Å². The number of nitrogens with one attached hydrogen (secondary N) is 2. The molecule has 1 heterocycles. The summed E-state index contributed by atoms with van der Waals surface area (Å²) < 4.78 is 0. The first kappa shape index (κ1) is 16.5. The lowest BCUT2D eigenvalue weighted by molar-refractivity contribution is 0.0585. The number of carbonyl (C=O) groups excluding carboxylic acids is 1. The van der Waals surface area contributed by atoms with Gasteiger partial charge in [0.05, 0.1) is 16.8 Å². The molecule has 0 radical (unpaired) electrons. The topological polar surface area (TPSA) is 78.0 Å². The fourth-order valence-electron chi connectivity index (χ4n) is 1.84. The molecule has 1 aromatic carbocycles. The lowest BCUT2D eigenvalue weighted by atomic mass is 9.89.